The number of aromatic nitrogens is 1. The van der Waals surface area contributed by atoms with E-state index in [2.05, 4.69) is 0 Å². The second kappa shape index (κ2) is 12.2. The number of carbonyl (C=O) groups excluding carboxylic acids is 1. The molecule has 12 nitrogen and oxygen atoms in total. The third-order valence-corrected chi connectivity index (χ3v) is 5.70. The molecule has 0 aliphatic rings. The average molecular weight is 550 g/mol. The Balaban J connectivity index is 0.000000332. The number of ether oxygens (including phenoxy) is 1. The van der Waals surface area contributed by atoms with Crippen LogP contribution in [0.3, 0.4) is 0 Å². The zero-order chi connectivity index (χ0) is 28.8. The quantitative estimate of drug-likeness (QED) is 0.262. The first-order valence-corrected chi connectivity index (χ1v) is 11.2. The van der Waals surface area contributed by atoms with Gasteiger partial charge in [-0.15, -0.1) is 0 Å². The number of benzene rings is 2. The second-order valence-electron chi connectivity index (χ2n) is 8.14. The highest BCUT2D eigenvalue weighted by molar-refractivity contribution is 6.30. The number of carboxylic acids is 4. The van der Waals surface area contributed by atoms with Crippen LogP contribution in [0.15, 0.2) is 42.5 Å². The topological polar surface area (TPSA) is 201 Å². The lowest BCUT2D eigenvalue weighted by Gasteiger charge is -2.18. The summed E-state index contributed by atoms with van der Waals surface area (Å²) in [5.41, 5.74) is -0.414. The first kappa shape index (κ1) is 29.8. The van der Waals surface area contributed by atoms with E-state index in [9.17, 15) is 29.1 Å². The molecule has 0 fully saturated rings. The van der Waals surface area contributed by atoms with E-state index in [1.165, 1.54) is 4.57 Å². The van der Waals surface area contributed by atoms with Crippen LogP contribution < -0.4 is 4.74 Å². The molecular weight excluding hydrogens is 526 g/mol. The smallest absolute Gasteiger partial charge is 0.336 e. The summed E-state index contributed by atoms with van der Waals surface area (Å²) in [7, 11) is 1.54. The molecule has 0 bridgehead atoms. The van der Waals surface area contributed by atoms with E-state index in [1.54, 1.807) is 56.5 Å². The summed E-state index contributed by atoms with van der Waals surface area (Å²) in [4.78, 5) is 54.7. The van der Waals surface area contributed by atoms with Crippen molar-refractivity contribution in [2.75, 3.05) is 7.11 Å². The molecule has 1 aromatic heterocycles. The minimum atomic E-state index is -2.74. The van der Waals surface area contributed by atoms with E-state index < -0.39 is 42.3 Å². The van der Waals surface area contributed by atoms with Gasteiger partial charge in [0.05, 0.1) is 31.9 Å². The molecule has 0 aliphatic heterocycles. The monoisotopic (exact) mass is 549 g/mol. The van der Waals surface area contributed by atoms with Crippen molar-refractivity contribution < 1.29 is 54.2 Å². The van der Waals surface area contributed by atoms with Crippen LogP contribution >= 0.6 is 11.6 Å². The van der Waals surface area contributed by atoms with Crippen molar-refractivity contribution in [3.8, 4) is 5.75 Å². The average Bonchev–Trinajstić information content (AvgIpc) is 3.08. The molecule has 202 valence electrons. The number of aliphatic carboxylic acids is 4. The number of hydrogen-bond acceptors (Lipinski definition) is 7. The molecule has 0 atom stereocenters. The van der Waals surface area contributed by atoms with Gasteiger partial charge in [-0.25, -0.2) is 4.79 Å². The van der Waals surface area contributed by atoms with Crippen LogP contribution in [-0.2, 0) is 25.6 Å². The lowest BCUT2D eigenvalue weighted by Crippen LogP contribution is -2.42. The first-order valence-electron chi connectivity index (χ1n) is 10.8. The fourth-order valence-corrected chi connectivity index (χ4v) is 3.79. The number of carbonyl (C=O) groups is 5. The summed E-state index contributed by atoms with van der Waals surface area (Å²) >= 11 is 5.89. The molecule has 0 saturated carbocycles. The standard InChI is InChI=1S/C19H16ClNO4.C6H8O7/c1-11-15(10-18(22)23)16-9-14(25-2)7-8-17(16)21(11)19(24)12-3-5-13(20)6-4-12;7-3(8)1-6(13,5(11)12)2-4(9)10/h3-9H,10H2,1-2H3,(H,22,23);13H,1-2H2,(H,7,8)(H,9,10)(H,11,12). The minimum absolute atomic E-state index is 0.170. The molecule has 0 saturated heterocycles. The van der Waals surface area contributed by atoms with Gasteiger partial charge < -0.3 is 30.3 Å². The summed E-state index contributed by atoms with van der Waals surface area (Å²) in [6.07, 6.45) is -2.46. The molecule has 38 heavy (non-hydrogen) atoms. The van der Waals surface area contributed by atoms with E-state index in [-0.39, 0.29) is 12.3 Å². The Bertz CT molecular complexity index is 1380. The van der Waals surface area contributed by atoms with E-state index in [4.69, 9.17) is 36.8 Å². The van der Waals surface area contributed by atoms with Gasteiger partial charge in [0.25, 0.3) is 5.91 Å². The number of hydrogen-bond donors (Lipinski definition) is 5. The Hall–Kier alpha value is -4.42. The number of carboxylic acid groups (broad SMARTS) is 4. The number of fused-ring (bicyclic) bond motifs is 1. The molecule has 0 radical (unpaired) electrons. The molecule has 3 rings (SSSR count). The molecule has 5 N–H and O–H groups in total. The van der Waals surface area contributed by atoms with Gasteiger partial charge in [-0.1, -0.05) is 11.6 Å². The number of nitrogens with zero attached hydrogens (tertiary/aromatic N) is 1. The van der Waals surface area contributed by atoms with Gasteiger partial charge >= 0.3 is 23.9 Å². The van der Waals surface area contributed by atoms with Crippen LogP contribution in [0, 0.1) is 6.92 Å². The number of halogens is 1. The number of rotatable bonds is 9. The minimum Gasteiger partial charge on any atom is -0.497 e. The van der Waals surface area contributed by atoms with E-state index >= 15 is 0 Å². The van der Waals surface area contributed by atoms with E-state index in [0.29, 0.717) is 38.5 Å². The van der Waals surface area contributed by atoms with Gasteiger partial charge in [0.15, 0.2) is 5.60 Å². The highest BCUT2D eigenvalue weighted by atomic mass is 35.5. The third-order valence-electron chi connectivity index (χ3n) is 5.45. The highest BCUT2D eigenvalue weighted by Gasteiger charge is 2.40. The summed E-state index contributed by atoms with van der Waals surface area (Å²) in [6.45, 7) is 1.75. The number of aliphatic hydroxyl groups is 1. The summed E-state index contributed by atoms with van der Waals surface area (Å²) in [5, 5.41) is 44.3. The summed E-state index contributed by atoms with van der Waals surface area (Å²) in [5.74, 6) is -5.60. The van der Waals surface area contributed by atoms with Crippen LogP contribution in [-0.4, -0.2) is 72.6 Å². The van der Waals surface area contributed by atoms with Crippen LogP contribution in [0.25, 0.3) is 10.9 Å². The lowest BCUT2D eigenvalue weighted by atomic mass is 9.96. The van der Waals surface area contributed by atoms with Crippen molar-refractivity contribution in [2.45, 2.75) is 31.8 Å². The molecule has 0 aliphatic carbocycles. The first-order chi connectivity index (χ1) is 17.7. The maximum Gasteiger partial charge on any atom is 0.336 e. The second-order valence-corrected chi connectivity index (χ2v) is 8.58. The highest BCUT2D eigenvalue weighted by Crippen LogP contribution is 2.30. The molecule has 1 heterocycles. The predicted molar refractivity (Wildman–Crippen MR) is 133 cm³/mol. The maximum absolute atomic E-state index is 13.0. The molecule has 0 spiro atoms. The van der Waals surface area contributed by atoms with Crippen LogP contribution in [0.1, 0.15) is 34.5 Å². The van der Waals surface area contributed by atoms with Gasteiger partial charge in [-0.2, -0.15) is 0 Å². The van der Waals surface area contributed by atoms with Crippen molar-refractivity contribution >= 4 is 52.3 Å². The van der Waals surface area contributed by atoms with Gasteiger partial charge in [0, 0.05) is 21.7 Å². The lowest BCUT2D eigenvalue weighted by molar-refractivity contribution is -0.170. The Kier molecular flexibility index (Phi) is 9.58. The summed E-state index contributed by atoms with van der Waals surface area (Å²) < 4.78 is 6.77. The number of methoxy groups -OCH3 is 1. The van der Waals surface area contributed by atoms with Gasteiger partial charge in [0.1, 0.15) is 5.75 Å². The van der Waals surface area contributed by atoms with Crippen molar-refractivity contribution in [3.63, 3.8) is 0 Å². The molecular formula is C25H24ClNO11. The molecule has 2 aromatic carbocycles. The van der Waals surface area contributed by atoms with Crippen molar-refractivity contribution in [3.05, 3.63) is 64.3 Å². The fourth-order valence-electron chi connectivity index (χ4n) is 3.66. The molecule has 0 unspecified atom stereocenters. The Labute approximate surface area is 220 Å². The van der Waals surface area contributed by atoms with Crippen LogP contribution in [0.2, 0.25) is 5.02 Å². The normalized spacial score (nSPS) is 10.8. The third kappa shape index (κ3) is 7.08. The van der Waals surface area contributed by atoms with Crippen LogP contribution in [0.5, 0.6) is 5.75 Å². The SMILES string of the molecule is COc1ccc2c(c1)c(CC(=O)O)c(C)n2C(=O)c1ccc(Cl)cc1.O=C(O)CC(O)(CC(=O)O)C(=O)O. The van der Waals surface area contributed by atoms with Gasteiger partial charge in [0.2, 0.25) is 0 Å². The Morgan fingerprint density at radius 2 is 1.45 bits per heavy atom. The molecule has 0 amide bonds. The largest absolute Gasteiger partial charge is 0.497 e. The van der Waals surface area contributed by atoms with E-state index in [0.717, 1.165) is 0 Å². The fraction of sp³-hybridized carbons (Fsp3) is 0.240. The van der Waals surface area contributed by atoms with Crippen LogP contribution in [0.4, 0.5) is 0 Å². The summed E-state index contributed by atoms with van der Waals surface area (Å²) in [6, 6.07) is 11.9. The molecule has 13 heteroatoms. The van der Waals surface area contributed by atoms with Crippen molar-refractivity contribution in [1.82, 2.24) is 4.57 Å². The molecule has 3 aromatic rings. The maximum atomic E-state index is 13.0. The van der Waals surface area contributed by atoms with Crippen molar-refractivity contribution in [2.24, 2.45) is 0 Å². The Morgan fingerprint density at radius 3 is 1.89 bits per heavy atom. The predicted octanol–water partition coefficient (Wildman–Crippen LogP) is 2.68. The Morgan fingerprint density at radius 1 is 0.895 bits per heavy atom. The van der Waals surface area contributed by atoms with E-state index in [1.807, 2.05) is 0 Å². The van der Waals surface area contributed by atoms with Gasteiger partial charge in [-0.3, -0.25) is 23.7 Å². The zero-order valence-corrected chi connectivity index (χ0v) is 20.9. The van der Waals surface area contributed by atoms with Crippen molar-refractivity contribution in [1.29, 1.82) is 0 Å². The zero-order valence-electron chi connectivity index (χ0n) is 20.2. The van der Waals surface area contributed by atoms with Gasteiger partial charge in [-0.05, 0) is 55.0 Å².